The van der Waals surface area contributed by atoms with Gasteiger partial charge in [-0.3, -0.25) is 9.59 Å². The number of hydrogen-bond donors (Lipinski definition) is 1. The van der Waals surface area contributed by atoms with Gasteiger partial charge in [0.25, 0.3) is 5.91 Å². The second-order valence-electron chi connectivity index (χ2n) is 6.66. The molecule has 3 rings (SSSR count). The molecule has 1 fully saturated rings. The van der Waals surface area contributed by atoms with Crippen molar-refractivity contribution in [1.29, 1.82) is 5.26 Å². The molecule has 1 amide bonds. The van der Waals surface area contributed by atoms with Gasteiger partial charge in [-0.15, -0.1) is 0 Å². The van der Waals surface area contributed by atoms with Gasteiger partial charge in [-0.05, 0) is 30.2 Å². The molecule has 2 aromatic rings. The highest BCUT2D eigenvalue weighted by Gasteiger charge is 2.30. The molecule has 0 bridgehead atoms. The predicted octanol–water partition coefficient (Wildman–Crippen LogP) is 2.58. The first-order chi connectivity index (χ1) is 14.2. The summed E-state index contributed by atoms with van der Waals surface area (Å²) in [5.41, 5.74) is 1.48. The number of morpholine rings is 1. The van der Waals surface area contributed by atoms with Crippen molar-refractivity contribution in [2.45, 2.75) is 18.9 Å². The number of aldehydes is 1. The summed E-state index contributed by atoms with van der Waals surface area (Å²) in [6.07, 6.45) is 1.39. The first-order valence-corrected chi connectivity index (χ1v) is 9.39. The van der Waals surface area contributed by atoms with Gasteiger partial charge in [0.1, 0.15) is 18.1 Å². The molecule has 0 saturated carbocycles. The van der Waals surface area contributed by atoms with E-state index in [1.54, 1.807) is 29.2 Å². The summed E-state index contributed by atoms with van der Waals surface area (Å²) in [7, 11) is 0. The molecule has 7 nitrogen and oxygen atoms in total. The monoisotopic (exact) mass is 394 g/mol. The molecule has 0 radical (unpaired) electrons. The molecule has 1 aliphatic rings. The third kappa shape index (κ3) is 4.73. The van der Waals surface area contributed by atoms with E-state index in [9.17, 15) is 14.7 Å². The van der Waals surface area contributed by atoms with Crippen LogP contribution in [0.5, 0.6) is 11.5 Å². The number of ether oxygens (including phenoxy) is 2. The average Bonchev–Trinajstić information content (AvgIpc) is 2.76. The van der Waals surface area contributed by atoms with Gasteiger partial charge in [0, 0.05) is 18.5 Å². The van der Waals surface area contributed by atoms with Crippen molar-refractivity contribution in [2.24, 2.45) is 0 Å². The number of aromatic hydroxyl groups is 1. The Hall–Kier alpha value is -3.37. The Morgan fingerprint density at radius 1 is 1.31 bits per heavy atom. The lowest BCUT2D eigenvalue weighted by Gasteiger charge is -2.36. The van der Waals surface area contributed by atoms with Crippen molar-refractivity contribution in [1.82, 2.24) is 4.90 Å². The van der Waals surface area contributed by atoms with E-state index in [2.05, 4.69) is 6.07 Å². The normalized spacial score (nSPS) is 16.1. The Morgan fingerprint density at radius 2 is 2.14 bits per heavy atom. The standard InChI is InChI=1S/C22H22N2O5/c23-10-4-6-16-5-1-2-7-18(16)22(27)24-11-12-28-14-17(24)15-29-21-9-3-8-20(26)19(21)13-25/h1-3,5,7-9,13,17,26H,4,6,11-12,14-15H2/t17-/m0/s1. The number of aryl methyl sites for hydroxylation is 1. The smallest absolute Gasteiger partial charge is 0.254 e. The van der Waals surface area contributed by atoms with E-state index >= 15 is 0 Å². The summed E-state index contributed by atoms with van der Waals surface area (Å²) in [4.78, 5) is 26.2. The second-order valence-corrected chi connectivity index (χ2v) is 6.66. The third-order valence-corrected chi connectivity index (χ3v) is 4.83. The maximum atomic E-state index is 13.2. The molecule has 2 aromatic carbocycles. The van der Waals surface area contributed by atoms with Gasteiger partial charge in [0.05, 0.1) is 30.9 Å². The molecule has 1 aliphatic heterocycles. The molecule has 150 valence electrons. The zero-order chi connectivity index (χ0) is 20.6. The number of phenolic OH excluding ortho intramolecular Hbond substituents is 1. The van der Waals surface area contributed by atoms with Crippen LogP contribution in [0.15, 0.2) is 42.5 Å². The maximum Gasteiger partial charge on any atom is 0.254 e. The van der Waals surface area contributed by atoms with E-state index in [0.717, 1.165) is 5.56 Å². The van der Waals surface area contributed by atoms with Crippen molar-refractivity contribution in [2.75, 3.05) is 26.4 Å². The van der Waals surface area contributed by atoms with Crippen molar-refractivity contribution in [3.63, 3.8) is 0 Å². The summed E-state index contributed by atoms with van der Waals surface area (Å²) in [6, 6.07) is 13.6. The SMILES string of the molecule is N#CCCc1ccccc1C(=O)N1CCOC[C@H]1COc1cccc(O)c1C=O. The predicted molar refractivity (Wildman–Crippen MR) is 105 cm³/mol. The minimum Gasteiger partial charge on any atom is -0.507 e. The number of benzene rings is 2. The Morgan fingerprint density at radius 3 is 2.93 bits per heavy atom. The van der Waals surface area contributed by atoms with Gasteiger partial charge in [0.15, 0.2) is 6.29 Å². The lowest BCUT2D eigenvalue weighted by molar-refractivity contribution is -0.0151. The van der Waals surface area contributed by atoms with Crippen LogP contribution in [0.4, 0.5) is 0 Å². The number of hydrogen-bond acceptors (Lipinski definition) is 6. The minimum atomic E-state index is -0.345. The first kappa shape index (κ1) is 20.4. The number of nitriles is 1. The average molecular weight is 394 g/mol. The van der Waals surface area contributed by atoms with Gasteiger partial charge in [0.2, 0.25) is 0 Å². The van der Waals surface area contributed by atoms with E-state index in [-0.39, 0.29) is 35.6 Å². The fourth-order valence-corrected chi connectivity index (χ4v) is 3.32. The zero-order valence-electron chi connectivity index (χ0n) is 15.9. The number of nitrogens with zero attached hydrogens (tertiary/aromatic N) is 2. The molecular formula is C22H22N2O5. The molecule has 1 heterocycles. The topological polar surface area (TPSA) is 99.9 Å². The third-order valence-electron chi connectivity index (χ3n) is 4.83. The van der Waals surface area contributed by atoms with E-state index in [0.29, 0.717) is 44.4 Å². The van der Waals surface area contributed by atoms with Crippen molar-refractivity contribution in [3.8, 4) is 17.6 Å². The Labute approximate surface area is 169 Å². The van der Waals surface area contributed by atoms with Crippen LogP contribution in [0.25, 0.3) is 0 Å². The van der Waals surface area contributed by atoms with E-state index in [1.165, 1.54) is 6.07 Å². The van der Waals surface area contributed by atoms with Crippen molar-refractivity contribution in [3.05, 3.63) is 59.2 Å². The number of carbonyl (C=O) groups is 2. The highest BCUT2D eigenvalue weighted by atomic mass is 16.5. The van der Waals surface area contributed by atoms with Gasteiger partial charge in [-0.25, -0.2) is 0 Å². The second kappa shape index (κ2) is 9.71. The van der Waals surface area contributed by atoms with Crippen LogP contribution in [-0.2, 0) is 11.2 Å². The lowest BCUT2D eigenvalue weighted by atomic mass is 10.0. The Bertz CT molecular complexity index is 922. The summed E-state index contributed by atoms with van der Waals surface area (Å²) in [5, 5.41) is 18.7. The molecule has 1 saturated heterocycles. The van der Waals surface area contributed by atoms with Crippen LogP contribution in [0.2, 0.25) is 0 Å². The molecule has 7 heteroatoms. The van der Waals surface area contributed by atoms with Crippen LogP contribution < -0.4 is 4.74 Å². The summed E-state index contributed by atoms with van der Waals surface area (Å²) < 4.78 is 11.3. The molecular weight excluding hydrogens is 372 g/mol. The summed E-state index contributed by atoms with van der Waals surface area (Å²) in [6.45, 7) is 1.27. The van der Waals surface area contributed by atoms with Crippen LogP contribution in [0, 0.1) is 11.3 Å². The van der Waals surface area contributed by atoms with Gasteiger partial charge in [-0.2, -0.15) is 5.26 Å². The molecule has 0 unspecified atom stereocenters. The first-order valence-electron chi connectivity index (χ1n) is 9.39. The molecule has 0 aromatic heterocycles. The van der Waals surface area contributed by atoms with Crippen LogP contribution >= 0.6 is 0 Å². The number of phenols is 1. The van der Waals surface area contributed by atoms with E-state index in [4.69, 9.17) is 14.7 Å². The highest BCUT2D eigenvalue weighted by Crippen LogP contribution is 2.26. The van der Waals surface area contributed by atoms with Crippen molar-refractivity contribution < 1.29 is 24.2 Å². The number of rotatable bonds is 7. The van der Waals surface area contributed by atoms with Crippen LogP contribution in [0.3, 0.4) is 0 Å². The fraction of sp³-hybridized carbons (Fsp3) is 0.318. The van der Waals surface area contributed by atoms with Crippen molar-refractivity contribution >= 4 is 12.2 Å². The quantitative estimate of drug-likeness (QED) is 0.725. The number of amides is 1. The number of carbonyl (C=O) groups excluding carboxylic acids is 2. The molecule has 0 spiro atoms. The fourth-order valence-electron chi connectivity index (χ4n) is 3.32. The van der Waals surface area contributed by atoms with E-state index in [1.807, 2.05) is 12.1 Å². The summed E-state index contributed by atoms with van der Waals surface area (Å²) >= 11 is 0. The zero-order valence-corrected chi connectivity index (χ0v) is 15.9. The van der Waals surface area contributed by atoms with Gasteiger partial charge < -0.3 is 19.5 Å². The molecule has 29 heavy (non-hydrogen) atoms. The lowest BCUT2D eigenvalue weighted by Crippen LogP contribution is -2.51. The van der Waals surface area contributed by atoms with Gasteiger partial charge >= 0.3 is 0 Å². The Kier molecular flexibility index (Phi) is 6.82. The molecule has 1 N–H and O–H groups in total. The minimum absolute atomic E-state index is 0.0731. The summed E-state index contributed by atoms with van der Waals surface area (Å²) in [5.74, 6) is -0.0360. The molecule has 0 aliphatic carbocycles. The van der Waals surface area contributed by atoms with Gasteiger partial charge in [-0.1, -0.05) is 24.3 Å². The highest BCUT2D eigenvalue weighted by molar-refractivity contribution is 5.96. The molecule has 1 atom stereocenters. The van der Waals surface area contributed by atoms with Crippen LogP contribution in [0.1, 0.15) is 32.7 Å². The van der Waals surface area contributed by atoms with Crippen LogP contribution in [-0.4, -0.2) is 54.6 Å². The maximum absolute atomic E-state index is 13.2. The van der Waals surface area contributed by atoms with E-state index < -0.39 is 0 Å². The largest absolute Gasteiger partial charge is 0.507 e. The Balaban J connectivity index is 1.77.